The third-order valence-electron chi connectivity index (χ3n) is 4.76. The number of benzene rings is 2. The first-order valence-electron chi connectivity index (χ1n) is 9.39. The molecule has 28 heavy (non-hydrogen) atoms. The highest BCUT2D eigenvalue weighted by molar-refractivity contribution is 6.30. The van der Waals surface area contributed by atoms with Crippen LogP contribution in [-0.4, -0.2) is 55.2 Å². The van der Waals surface area contributed by atoms with Gasteiger partial charge in [0.05, 0.1) is 13.2 Å². The quantitative estimate of drug-likeness (QED) is 0.689. The highest BCUT2D eigenvalue weighted by Crippen LogP contribution is 2.20. The fraction of sp³-hybridized carbons (Fsp3) is 0.333. The number of oxazole rings is 1. The number of aromatic nitrogens is 1. The third-order valence-corrected chi connectivity index (χ3v) is 4.99. The molecule has 0 spiro atoms. The number of rotatable bonds is 6. The van der Waals surface area contributed by atoms with Crippen LogP contribution in [-0.2, 0) is 11.2 Å². The minimum absolute atomic E-state index is 0.108. The van der Waals surface area contributed by atoms with Gasteiger partial charge in [-0.1, -0.05) is 23.7 Å². The van der Waals surface area contributed by atoms with Gasteiger partial charge in [-0.2, -0.15) is 0 Å². The summed E-state index contributed by atoms with van der Waals surface area (Å²) in [6.07, 6.45) is 0.552. The summed E-state index contributed by atoms with van der Waals surface area (Å²) in [5, 5.41) is 3.65. The van der Waals surface area contributed by atoms with Crippen LogP contribution in [0.5, 0.6) is 0 Å². The van der Waals surface area contributed by atoms with Crippen molar-refractivity contribution in [2.75, 3.05) is 39.4 Å². The van der Waals surface area contributed by atoms with Crippen molar-refractivity contribution in [2.24, 2.45) is 0 Å². The molecule has 2 heterocycles. The van der Waals surface area contributed by atoms with Gasteiger partial charge in [-0.25, -0.2) is 4.98 Å². The van der Waals surface area contributed by atoms with Crippen molar-refractivity contribution < 1.29 is 13.9 Å². The Labute approximate surface area is 168 Å². The Kier molecular flexibility index (Phi) is 5.90. The molecule has 0 atom stereocenters. The van der Waals surface area contributed by atoms with Crippen molar-refractivity contribution in [3.8, 4) is 0 Å². The molecule has 1 N–H and O–H groups in total. The van der Waals surface area contributed by atoms with Gasteiger partial charge in [0.25, 0.3) is 5.91 Å². The van der Waals surface area contributed by atoms with E-state index in [1.54, 1.807) is 12.1 Å². The minimum Gasteiger partial charge on any atom is -0.440 e. The van der Waals surface area contributed by atoms with Gasteiger partial charge in [0.1, 0.15) is 5.52 Å². The van der Waals surface area contributed by atoms with Crippen molar-refractivity contribution in [1.29, 1.82) is 0 Å². The molecule has 146 valence electrons. The summed E-state index contributed by atoms with van der Waals surface area (Å²) in [7, 11) is 0. The van der Waals surface area contributed by atoms with Crippen LogP contribution in [0.2, 0.25) is 5.02 Å². The summed E-state index contributed by atoms with van der Waals surface area (Å²) in [6.45, 7) is 4.77. The van der Waals surface area contributed by atoms with E-state index in [1.807, 2.05) is 30.3 Å². The Morgan fingerprint density at radius 1 is 1.18 bits per heavy atom. The van der Waals surface area contributed by atoms with Crippen molar-refractivity contribution in [1.82, 2.24) is 15.2 Å². The number of amides is 1. The molecular weight excluding hydrogens is 378 g/mol. The van der Waals surface area contributed by atoms with Crippen LogP contribution in [0.25, 0.3) is 11.1 Å². The van der Waals surface area contributed by atoms with Gasteiger partial charge in [-0.3, -0.25) is 9.69 Å². The van der Waals surface area contributed by atoms with Gasteiger partial charge in [0.15, 0.2) is 11.5 Å². The molecule has 0 bridgehead atoms. The zero-order valence-corrected chi connectivity index (χ0v) is 16.2. The maximum Gasteiger partial charge on any atom is 0.251 e. The number of fused-ring (bicyclic) bond motifs is 1. The Morgan fingerprint density at radius 2 is 2.04 bits per heavy atom. The molecule has 1 aliphatic rings. The van der Waals surface area contributed by atoms with E-state index in [9.17, 15) is 4.79 Å². The largest absolute Gasteiger partial charge is 0.440 e. The number of nitrogens with one attached hydrogen (secondary N) is 1. The second kappa shape index (κ2) is 8.73. The molecular formula is C21H22ClN3O3. The molecule has 7 heteroatoms. The maximum atomic E-state index is 12.4. The number of ether oxygens (including phenoxy) is 1. The van der Waals surface area contributed by atoms with E-state index in [1.165, 1.54) is 0 Å². The molecule has 1 fully saturated rings. The normalized spacial score (nSPS) is 15.0. The van der Waals surface area contributed by atoms with Gasteiger partial charge in [0.2, 0.25) is 0 Å². The van der Waals surface area contributed by atoms with Crippen molar-refractivity contribution in [3.05, 3.63) is 64.5 Å². The fourth-order valence-electron chi connectivity index (χ4n) is 3.27. The second-order valence-corrected chi connectivity index (χ2v) is 7.24. The van der Waals surface area contributed by atoms with Gasteiger partial charge >= 0.3 is 0 Å². The minimum atomic E-state index is -0.108. The number of halogens is 1. The molecule has 0 aliphatic carbocycles. The summed E-state index contributed by atoms with van der Waals surface area (Å²) in [4.78, 5) is 19.2. The summed E-state index contributed by atoms with van der Waals surface area (Å²) in [5.41, 5.74) is 2.94. The van der Waals surface area contributed by atoms with Crippen LogP contribution in [0.15, 0.2) is 46.9 Å². The molecule has 1 amide bonds. The van der Waals surface area contributed by atoms with Crippen LogP contribution >= 0.6 is 11.6 Å². The van der Waals surface area contributed by atoms with E-state index in [0.29, 0.717) is 35.0 Å². The Hall–Kier alpha value is -2.41. The Morgan fingerprint density at radius 3 is 2.86 bits per heavy atom. The van der Waals surface area contributed by atoms with E-state index < -0.39 is 0 Å². The van der Waals surface area contributed by atoms with Crippen LogP contribution in [0.3, 0.4) is 0 Å². The zero-order chi connectivity index (χ0) is 19.3. The lowest BCUT2D eigenvalue weighted by molar-refractivity contribution is 0.0383. The van der Waals surface area contributed by atoms with Crippen LogP contribution < -0.4 is 5.32 Å². The summed E-state index contributed by atoms with van der Waals surface area (Å²) in [5.74, 6) is 0.491. The molecule has 2 aromatic carbocycles. The molecule has 0 saturated carbocycles. The number of morpholine rings is 1. The van der Waals surface area contributed by atoms with Crippen LogP contribution in [0.4, 0.5) is 0 Å². The number of carbonyl (C=O) groups excluding carboxylic acids is 1. The Balaban J connectivity index is 1.38. The van der Waals surface area contributed by atoms with Gasteiger partial charge < -0.3 is 14.5 Å². The van der Waals surface area contributed by atoms with E-state index in [4.69, 9.17) is 20.8 Å². The lowest BCUT2D eigenvalue weighted by Gasteiger charge is -2.26. The molecule has 1 saturated heterocycles. The van der Waals surface area contributed by atoms with E-state index >= 15 is 0 Å². The predicted octanol–water partition coefficient (Wildman–Crippen LogP) is 3.13. The highest BCUT2D eigenvalue weighted by Gasteiger charge is 2.13. The van der Waals surface area contributed by atoms with Gasteiger partial charge in [0, 0.05) is 43.2 Å². The number of carbonyl (C=O) groups is 1. The third kappa shape index (κ3) is 4.70. The average molecular weight is 400 g/mol. The molecule has 1 aliphatic heterocycles. The number of hydrogen-bond acceptors (Lipinski definition) is 5. The average Bonchev–Trinajstić information content (AvgIpc) is 3.10. The predicted molar refractivity (Wildman–Crippen MR) is 108 cm³/mol. The van der Waals surface area contributed by atoms with Crippen LogP contribution in [0, 0.1) is 0 Å². The molecule has 0 unspecified atom stereocenters. The fourth-order valence-corrected chi connectivity index (χ4v) is 3.48. The lowest BCUT2D eigenvalue weighted by Crippen LogP contribution is -2.41. The SMILES string of the molecule is O=C(NCCN1CCOCC1)c1ccc2nc(Cc3cccc(Cl)c3)oc2c1. The van der Waals surface area contributed by atoms with Gasteiger partial charge in [-0.05, 0) is 35.9 Å². The standard InChI is InChI=1S/C21H22ClN3O3/c22-17-3-1-2-15(12-17)13-20-24-18-5-4-16(14-19(18)28-20)21(26)23-6-7-25-8-10-27-11-9-25/h1-5,12,14H,6-11,13H2,(H,23,26). The molecule has 4 rings (SSSR count). The molecule has 6 nitrogen and oxygen atoms in total. The summed E-state index contributed by atoms with van der Waals surface area (Å²) < 4.78 is 11.2. The summed E-state index contributed by atoms with van der Waals surface area (Å²) >= 11 is 6.03. The molecule has 1 aromatic heterocycles. The molecule has 3 aromatic rings. The van der Waals surface area contributed by atoms with Crippen molar-refractivity contribution in [2.45, 2.75) is 6.42 Å². The van der Waals surface area contributed by atoms with E-state index in [0.717, 1.165) is 43.9 Å². The van der Waals surface area contributed by atoms with Crippen molar-refractivity contribution in [3.63, 3.8) is 0 Å². The highest BCUT2D eigenvalue weighted by atomic mass is 35.5. The first-order chi connectivity index (χ1) is 13.7. The topological polar surface area (TPSA) is 67.6 Å². The number of hydrogen-bond donors (Lipinski definition) is 1. The smallest absolute Gasteiger partial charge is 0.251 e. The van der Waals surface area contributed by atoms with Gasteiger partial charge in [-0.15, -0.1) is 0 Å². The van der Waals surface area contributed by atoms with E-state index in [-0.39, 0.29) is 5.91 Å². The van der Waals surface area contributed by atoms with E-state index in [2.05, 4.69) is 15.2 Å². The van der Waals surface area contributed by atoms with Crippen LogP contribution in [0.1, 0.15) is 21.8 Å². The lowest BCUT2D eigenvalue weighted by atomic mass is 10.1. The second-order valence-electron chi connectivity index (χ2n) is 6.81. The number of nitrogens with zero attached hydrogens (tertiary/aromatic N) is 2. The Bertz CT molecular complexity index is 966. The summed E-state index contributed by atoms with van der Waals surface area (Å²) in [6, 6.07) is 12.9. The first-order valence-corrected chi connectivity index (χ1v) is 9.77. The monoisotopic (exact) mass is 399 g/mol. The maximum absolute atomic E-state index is 12.4. The molecule has 0 radical (unpaired) electrons. The first kappa shape index (κ1) is 18.9. The van der Waals surface area contributed by atoms with Crippen molar-refractivity contribution >= 4 is 28.6 Å². The zero-order valence-electron chi connectivity index (χ0n) is 15.5.